The molecule has 0 radical (unpaired) electrons. The monoisotopic (exact) mass is 386 g/mol. The van der Waals surface area contributed by atoms with Crippen molar-refractivity contribution in [2.45, 2.75) is 52.5 Å². The zero-order valence-corrected chi connectivity index (χ0v) is 17.6. The first-order valence-corrected chi connectivity index (χ1v) is 10.6. The maximum atomic E-state index is 5.58. The molecule has 1 aliphatic heterocycles. The fourth-order valence-electron chi connectivity index (χ4n) is 2.94. The molecule has 0 saturated heterocycles. The van der Waals surface area contributed by atoms with Gasteiger partial charge in [0.2, 0.25) is 0 Å². The van der Waals surface area contributed by atoms with E-state index in [1.807, 2.05) is 0 Å². The van der Waals surface area contributed by atoms with E-state index in [1.54, 1.807) is 11.3 Å². The molecule has 0 spiro atoms. The summed E-state index contributed by atoms with van der Waals surface area (Å²) in [5, 5.41) is 9.94. The molecule has 5 nitrogen and oxygen atoms in total. The Balaban J connectivity index is 1.54. The lowest BCUT2D eigenvalue weighted by molar-refractivity contribution is 0.357. The summed E-state index contributed by atoms with van der Waals surface area (Å²) in [5.74, 6) is 1.88. The Labute approximate surface area is 166 Å². The van der Waals surface area contributed by atoms with E-state index in [0.29, 0.717) is 6.54 Å². The van der Waals surface area contributed by atoms with Crippen molar-refractivity contribution in [1.29, 1.82) is 0 Å². The maximum Gasteiger partial charge on any atom is 0.191 e. The number of nitrogens with one attached hydrogen (secondary N) is 2. The lowest BCUT2D eigenvalue weighted by Gasteiger charge is -2.14. The second-order valence-corrected chi connectivity index (χ2v) is 8.73. The van der Waals surface area contributed by atoms with Crippen molar-refractivity contribution in [1.82, 2.24) is 15.6 Å². The number of nitrogens with zero attached hydrogens (tertiary/aromatic N) is 2. The van der Waals surface area contributed by atoms with Gasteiger partial charge in [-0.15, -0.1) is 11.3 Å². The van der Waals surface area contributed by atoms with Gasteiger partial charge in [-0.1, -0.05) is 32.9 Å². The van der Waals surface area contributed by atoms with Crippen molar-refractivity contribution in [3.8, 4) is 5.75 Å². The number of benzene rings is 1. The summed E-state index contributed by atoms with van der Waals surface area (Å²) in [6.07, 6.45) is 1.98. The topological polar surface area (TPSA) is 58.5 Å². The van der Waals surface area contributed by atoms with E-state index in [-0.39, 0.29) is 5.41 Å². The molecule has 2 N–H and O–H groups in total. The first-order valence-electron chi connectivity index (χ1n) is 9.67. The Kier molecular flexibility index (Phi) is 6.37. The number of fused-ring (bicyclic) bond motifs is 1. The summed E-state index contributed by atoms with van der Waals surface area (Å²) in [7, 11) is 0. The third-order valence-electron chi connectivity index (χ3n) is 4.50. The molecule has 0 unspecified atom stereocenters. The number of hydrogen-bond acceptors (Lipinski definition) is 4. The Morgan fingerprint density at radius 3 is 2.89 bits per heavy atom. The summed E-state index contributed by atoms with van der Waals surface area (Å²) in [6.45, 7) is 11.7. The minimum absolute atomic E-state index is 0.0854. The van der Waals surface area contributed by atoms with Gasteiger partial charge in [0.05, 0.1) is 18.8 Å². The molecule has 2 heterocycles. The van der Waals surface area contributed by atoms with Crippen LogP contribution in [0.1, 0.15) is 49.5 Å². The number of thiazole rings is 1. The van der Waals surface area contributed by atoms with Crippen LogP contribution in [0.25, 0.3) is 0 Å². The lowest BCUT2D eigenvalue weighted by Crippen LogP contribution is -2.38. The van der Waals surface area contributed by atoms with Gasteiger partial charge in [0.1, 0.15) is 10.8 Å². The van der Waals surface area contributed by atoms with Crippen molar-refractivity contribution in [3.05, 3.63) is 45.4 Å². The van der Waals surface area contributed by atoms with E-state index in [4.69, 9.17) is 14.7 Å². The SMILES string of the molecule is CCNC(=NCc1nc(C(C)(C)C)cs1)NCCc1ccc2c(c1)CCO2. The Morgan fingerprint density at radius 1 is 1.30 bits per heavy atom. The van der Waals surface area contributed by atoms with Crippen LogP contribution in [0.2, 0.25) is 0 Å². The molecule has 0 atom stereocenters. The minimum Gasteiger partial charge on any atom is -0.493 e. The first kappa shape index (κ1) is 19.7. The third kappa shape index (κ3) is 5.45. The highest BCUT2D eigenvalue weighted by Crippen LogP contribution is 2.26. The van der Waals surface area contributed by atoms with Crippen LogP contribution in [0, 0.1) is 0 Å². The predicted molar refractivity (Wildman–Crippen MR) is 113 cm³/mol. The number of rotatable bonds is 6. The highest BCUT2D eigenvalue weighted by molar-refractivity contribution is 7.09. The van der Waals surface area contributed by atoms with E-state index < -0.39 is 0 Å². The molecule has 6 heteroatoms. The Morgan fingerprint density at radius 2 is 2.15 bits per heavy atom. The van der Waals surface area contributed by atoms with Gasteiger partial charge in [0, 0.05) is 30.3 Å². The lowest BCUT2D eigenvalue weighted by atomic mass is 9.93. The summed E-state index contributed by atoms with van der Waals surface area (Å²) in [5.41, 5.74) is 3.88. The largest absolute Gasteiger partial charge is 0.493 e. The van der Waals surface area contributed by atoms with Crippen LogP contribution < -0.4 is 15.4 Å². The smallest absolute Gasteiger partial charge is 0.191 e. The minimum atomic E-state index is 0.0854. The highest BCUT2D eigenvalue weighted by atomic mass is 32.1. The van der Waals surface area contributed by atoms with Gasteiger partial charge in [-0.05, 0) is 30.5 Å². The fourth-order valence-corrected chi connectivity index (χ4v) is 3.88. The van der Waals surface area contributed by atoms with Crippen molar-refractivity contribution in [2.24, 2.45) is 4.99 Å². The van der Waals surface area contributed by atoms with E-state index in [2.05, 4.69) is 61.9 Å². The van der Waals surface area contributed by atoms with Crippen molar-refractivity contribution in [3.63, 3.8) is 0 Å². The molecular formula is C21H30N4OS. The molecule has 0 saturated carbocycles. The first-order chi connectivity index (χ1) is 13.0. The molecule has 0 fully saturated rings. The number of aliphatic imine (C=N–C) groups is 1. The van der Waals surface area contributed by atoms with E-state index >= 15 is 0 Å². The van der Waals surface area contributed by atoms with Gasteiger partial charge >= 0.3 is 0 Å². The predicted octanol–water partition coefficient (Wildman–Crippen LogP) is 3.67. The zero-order valence-electron chi connectivity index (χ0n) is 16.8. The highest BCUT2D eigenvalue weighted by Gasteiger charge is 2.17. The number of aromatic nitrogens is 1. The molecule has 0 amide bonds. The average molecular weight is 387 g/mol. The van der Waals surface area contributed by atoms with Crippen LogP contribution in [0.15, 0.2) is 28.6 Å². The van der Waals surface area contributed by atoms with Crippen LogP contribution in [0.3, 0.4) is 0 Å². The molecule has 1 aliphatic rings. The van der Waals surface area contributed by atoms with E-state index in [1.165, 1.54) is 11.1 Å². The molecule has 0 bridgehead atoms. The Hall–Kier alpha value is -2.08. The molecule has 1 aromatic carbocycles. The fraction of sp³-hybridized carbons (Fsp3) is 0.524. The number of hydrogen-bond donors (Lipinski definition) is 2. The quantitative estimate of drug-likeness (QED) is 0.587. The summed E-state index contributed by atoms with van der Waals surface area (Å²) < 4.78 is 5.58. The van der Waals surface area contributed by atoms with Crippen LogP contribution in [0.5, 0.6) is 5.75 Å². The zero-order chi connectivity index (χ0) is 19.3. The standard InChI is InChI=1S/C21H30N4OS/c1-5-22-20(24-13-19-25-18(14-27-19)21(2,3)4)23-10-8-15-6-7-17-16(12-15)9-11-26-17/h6-7,12,14H,5,8-11,13H2,1-4H3,(H2,22,23,24). The molecule has 1 aromatic heterocycles. The summed E-state index contributed by atoms with van der Waals surface area (Å²) >= 11 is 1.68. The van der Waals surface area contributed by atoms with Crippen LogP contribution in [0.4, 0.5) is 0 Å². The van der Waals surface area contributed by atoms with Crippen molar-refractivity contribution >= 4 is 17.3 Å². The van der Waals surface area contributed by atoms with E-state index in [9.17, 15) is 0 Å². The number of ether oxygens (including phenoxy) is 1. The molecule has 2 aromatic rings. The van der Waals surface area contributed by atoms with Crippen molar-refractivity contribution in [2.75, 3.05) is 19.7 Å². The van der Waals surface area contributed by atoms with Gasteiger partial charge in [0.25, 0.3) is 0 Å². The molecule has 3 rings (SSSR count). The third-order valence-corrected chi connectivity index (χ3v) is 5.33. The molecular weight excluding hydrogens is 356 g/mol. The van der Waals surface area contributed by atoms with Gasteiger partial charge in [0.15, 0.2) is 5.96 Å². The van der Waals surface area contributed by atoms with Crippen molar-refractivity contribution < 1.29 is 4.74 Å². The Bertz CT molecular complexity index is 792. The van der Waals surface area contributed by atoms with Gasteiger partial charge < -0.3 is 15.4 Å². The average Bonchev–Trinajstić information content (AvgIpc) is 3.28. The second-order valence-electron chi connectivity index (χ2n) is 7.79. The molecule has 146 valence electrons. The van der Waals surface area contributed by atoms with Gasteiger partial charge in [-0.2, -0.15) is 0 Å². The second kappa shape index (κ2) is 8.74. The molecule has 27 heavy (non-hydrogen) atoms. The van der Waals surface area contributed by atoms with E-state index in [0.717, 1.165) is 54.9 Å². The molecule has 0 aliphatic carbocycles. The van der Waals surface area contributed by atoms with Gasteiger partial charge in [-0.3, -0.25) is 0 Å². The summed E-state index contributed by atoms with van der Waals surface area (Å²) in [6, 6.07) is 6.50. The van der Waals surface area contributed by atoms with Crippen LogP contribution in [-0.4, -0.2) is 30.6 Å². The maximum absolute atomic E-state index is 5.58. The van der Waals surface area contributed by atoms with Crippen LogP contribution >= 0.6 is 11.3 Å². The van der Waals surface area contributed by atoms with Crippen LogP contribution in [-0.2, 0) is 24.8 Å². The van der Waals surface area contributed by atoms with Gasteiger partial charge in [-0.25, -0.2) is 9.98 Å². The normalized spacial score (nSPS) is 14.0. The number of guanidine groups is 1. The summed E-state index contributed by atoms with van der Waals surface area (Å²) in [4.78, 5) is 9.41.